The first-order chi connectivity index (χ1) is 10.6. The molecule has 0 amide bonds. The minimum atomic E-state index is -1.03. The maximum atomic E-state index is 10.6. The Morgan fingerprint density at radius 3 is 2.77 bits per heavy atom. The molecule has 0 bridgehead atoms. The van der Waals surface area contributed by atoms with Gasteiger partial charge in [-0.25, -0.2) is 9.48 Å². The normalized spacial score (nSPS) is 10.8. The average Bonchev–Trinajstić information content (AvgIpc) is 2.82. The highest BCUT2D eigenvalue weighted by atomic mass is 16.5. The first-order valence-electron chi connectivity index (χ1n) is 6.80. The summed E-state index contributed by atoms with van der Waals surface area (Å²) in [6.07, 6.45) is 0. The molecule has 0 radical (unpaired) electrons. The lowest BCUT2D eigenvalue weighted by Crippen LogP contribution is -2.10. The van der Waals surface area contributed by atoms with E-state index in [4.69, 9.17) is 9.84 Å². The second-order valence-electron chi connectivity index (χ2n) is 4.99. The topological polar surface area (TPSA) is 77.2 Å². The standard InChI is InChI=1S/C16H15N3O3/c1-10-5-3-4-6-11(10)15-12-7-8-13(22-9-14(20)21)17-16(12)19(2)18-15/h3-8H,9H2,1-2H3,(H,20,21). The van der Waals surface area contributed by atoms with Crippen molar-refractivity contribution in [1.82, 2.24) is 14.8 Å². The Kier molecular flexibility index (Phi) is 3.50. The van der Waals surface area contributed by atoms with Gasteiger partial charge in [-0.2, -0.15) is 10.1 Å². The number of carboxylic acids is 1. The molecular weight excluding hydrogens is 282 g/mol. The SMILES string of the molecule is Cc1ccccc1-c1nn(C)c2nc(OCC(=O)O)ccc12. The number of aromatic nitrogens is 3. The second-order valence-corrected chi connectivity index (χ2v) is 4.99. The van der Waals surface area contributed by atoms with Crippen LogP contribution in [0.25, 0.3) is 22.3 Å². The Bertz CT molecular complexity index is 855. The van der Waals surface area contributed by atoms with Crippen LogP contribution < -0.4 is 4.74 Å². The van der Waals surface area contributed by atoms with Gasteiger partial charge in [0.05, 0.1) is 0 Å². The summed E-state index contributed by atoms with van der Waals surface area (Å²) in [4.78, 5) is 14.9. The lowest BCUT2D eigenvalue weighted by molar-refractivity contribution is -0.139. The lowest BCUT2D eigenvalue weighted by atomic mass is 10.0. The molecule has 6 heteroatoms. The van der Waals surface area contributed by atoms with Gasteiger partial charge in [0.25, 0.3) is 0 Å². The van der Waals surface area contributed by atoms with Crippen molar-refractivity contribution < 1.29 is 14.6 Å². The van der Waals surface area contributed by atoms with E-state index in [0.29, 0.717) is 5.65 Å². The van der Waals surface area contributed by atoms with Gasteiger partial charge >= 0.3 is 5.97 Å². The van der Waals surface area contributed by atoms with Gasteiger partial charge in [0.1, 0.15) is 5.69 Å². The third-order valence-electron chi connectivity index (χ3n) is 3.40. The summed E-state index contributed by atoms with van der Waals surface area (Å²) in [5, 5.41) is 14.1. The van der Waals surface area contributed by atoms with Crippen molar-refractivity contribution in [3.8, 4) is 17.1 Å². The molecular formula is C16H15N3O3. The van der Waals surface area contributed by atoms with Crippen molar-refractivity contribution in [2.24, 2.45) is 7.05 Å². The molecule has 0 saturated heterocycles. The van der Waals surface area contributed by atoms with Crippen LogP contribution in [0.2, 0.25) is 0 Å². The van der Waals surface area contributed by atoms with Crippen LogP contribution in [0.1, 0.15) is 5.56 Å². The monoisotopic (exact) mass is 297 g/mol. The van der Waals surface area contributed by atoms with E-state index in [-0.39, 0.29) is 5.88 Å². The number of carboxylic acid groups (broad SMARTS) is 1. The van der Waals surface area contributed by atoms with Gasteiger partial charge in [0.2, 0.25) is 5.88 Å². The third kappa shape index (κ3) is 2.50. The Balaban J connectivity index is 2.08. The fourth-order valence-corrected chi connectivity index (χ4v) is 2.37. The highest BCUT2D eigenvalue weighted by Gasteiger charge is 2.14. The molecule has 0 saturated carbocycles. The van der Waals surface area contributed by atoms with E-state index in [1.165, 1.54) is 0 Å². The summed E-state index contributed by atoms with van der Waals surface area (Å²) < 4.78 is 6.79. The number of pyridine rings is 1. The number of carbonyl (C=O) groups is 1. The van der Waals surface area contributed by atoms with E-state index in [2.05, 4.69) is 10.1 Å². The number of rotatable bonds is 4. The van der Waals surface area contributed by atoms with Crippen LogP contribution in [0.15, 0.2) is 36.4 Å². The van der Waals surface area contributed by atoms with Crippen LogP contribution in [0.4, 0.5) is 0 Å². The predicted octanol–water partition coefficient (Wildman–Crippen LogP) is 2.41. The van der Waals surface area contributed by atoms with Crippen molar-refractivity contribution >= 4 is 17.0 Å². The molecule has 0 atom stereocenters. The summed E-state index contributed by atoms with van der Waals surface area (Å²) in [7, 11) is 1.80. The molecule has 1 N–H and O–H groups in total. The number of aryl methyl sites for hydroxylation is 2. The van der Waals surface area contributed by atoms with E-state index in [1.807, 2.05) is 37.3 Å². The lowest BCUT2D eigenvalue weighted by Gasteiger charge is -2.03. The second kappa shape index (κ2) is 5.48. The third-order valence-corrected chi connectivity index (χ3v) is 3.40. The fraction of sp³-hybridized carbons (Fsp3) is 0.188. The van der Waals surface area contributed by atoms with Crippen molar-refractivity contribution in [3.05, 3.63) is 42.0 Å². The van der Waals surface area contributed by atoms with Gasteiger partial charge in [-0.3, -0.25) is 0 Å². The number of fused-ring (bicyclic) bond motifs is 1. The molecule has 6 nitrogen and oxygen atoms in total. The molecule has 3 rings (SSSR count). The number of nitrogens with zero attached hydrogens (tertiary/aromatic N) is 3. The van der Waals surface area contributed by atoms with Crippen molar-refractivity contribution in [2.75, 3.05) is 6.61 Å². The highest BCUT2D eigenvalue weighted by Crippen LogP contribution is 2.29. The zero-order valence-electron chi connectivity index (χ0n) is 12.3. The van der Waals surface area contributed by atoms with Crippen LogP contribution in [0, 0.1) is 6.92 Å². The van der Waals surface area contributed by atoms with Crippen LogP contribution >= 0.6 is 0 Å². The Morgan fingerprint density at radius 1 is 1.27 bits per heavy atom. The van der Waals surface area contributed by atoms with E-state index in [1.54, 1.807) is 17.8 Å². The Labute approximate surface area is 127 Å². The molecule has 1 aromatic carbocycles. The quantitative estimate of drug-likeness (QED) is 0.800. The van der Waals surface area contributed by atoms with Gasteiger partial charge in [-0.1, -0.05) is 24.3 Å². The van der Waals surface area contributed by atoms with Gasteiger partial charge < -0.3 is 9.84 Å². The van der Waals surface area contributed by atoms with Crippen LogP contribution in [-0.4, -0.2) is 32.4 Å². The predicted molar refractivity (Wildman–Crippen MR) is 81.8 cm³/mol. The average molecular weight is 297 g/mol. The Morgan fingerprint density at radius 2 is 2.05 bits per heavy atom. The zero-order valence-corrected chi connectivity index (χ0v) is 12.3. The van der Waals surface area contributed by atoms with E-state index in [0.717, 1.165) is 22.2 Å². The smallest absolute Gasteiger partial charge is 0.341 e. The van der Waals surface area contributed by atoms with Crippen molar-refractivity contribution in [1.29, 1.82) is 0 Å². The summed E-state index contributed by atoms with van der Waals surface area (Å²) in [6.45, 7) is 1.62. The van der Waals surface area contributed by atoms with Gasteiger partial charge in [-0.05, 0) is 18.6 Å². The van der Waals surface area contributed by atoms with Crippen LogP contribution in [0.3, 0.4) is 0 Å². The molecule has 0 unspecified atom stereocenters. The van der Waals surface area contributed by atoms with E-state index < -0.39 is 12.6 Å². The summed E-state index contributed by atoms with van der Waals surface area (Å²) in [5.74, 6) is -0.762. The molecule has 0 aliphatic carbocycles. The molecule has 0 aliphatic rings. The number of aliphatic carboxylic acids is 1. The number of hydrogen-bond donors (Lipinski definition) is 1. The van der Waals surface area contributed by atoms with Gasteiger partial charge in [0, 0.05) is 24.1 Å². The van der Waals surface area contributed by atoms with Crippen LogP contribution in [0.5, 0.6) is 5.88 Å². The molecule has 0 spiro atoms. The largest absolute Gasteiger partial charge is 0.479 e. The maximum Gasteiger partial charge on any atom is 0.341 e. The minimum Gasteiger partial charge on any atom is -0.479 e. The summed E-state index contributed by atoms with van der Waals surface area (Å²) in [5.41, 5.74) is 3.69. The fourth-order valence-electron chi connectivity index (χ4n) is 2.37. The van der Waals surface area contributed by atoms with Gasteiger partial charge in [-0.15, -0.1) is 0 Å². The van der Waals surface area contributed by atoms with Gasteiger partial charge in [0.15, 0.2) is 12.3 Å². The highest BCUT2D eigenvalue weighted by molar-refractivity contribution is 5.92. The zero-order chi connectivity index (χ0) is 15.7. The van der Waals surface area contributed by atoms with Crippen molar-refractivity contribution in [3.63, 3.8) is 0 Å². The molecule has 112 valence electrons. The molecule has 2 aromatic heterocycles. The molecule has 0 fully saturated rings. The summed E-state index contributed by atoms with van der Waals surface area (Å²) >= 11 is 0. The summed E-state index contributed by atoms with van der Waals surface area (Å²) in [6, 6.07) is 11.5. The van der Waals surface area contributed by atoms with Crippen LogP contribution in [-0.2, 0) is 11.8 Å². The van der Waals surface area contributed by atoms with E-state index in [9.17, 15) is 4.79 Å². The maximum absolute atomic E-state index is 10.6. The number of hydrogen-bond acceptors (Lipinski definition) is 4. The first kappa shape index (κ1) is 14.1. The number of ether oxygens (including phenoxy) is 1. The van der Waals surface area contributed by atoms with E-state index >= 15 is 0 Å². The first-order valence-corrected chi connectivity index (χ1v) is 6.80. The Hall–Kier alpha value is -2.89. The minimum absolute atomic E-state index is 0.272. The molecule has 3 aromatic rings. The molecule has 0 aliphatic heterocycles. The molecule has 2 heterocycles. The molecule has 22 heavy (non-hydrogen) atoms. The number of benzene rings is 1. The van der Waals surface area contributed by atoms with Crippen molar-refractivity contribution in [2.45, 2.75) is 6.92 Å².